The van der Waals surface area contributed by atoms with Crippen LogP contribution in [0.15, 0.2) is 33.5 Å². The smallest absolute Gasteiger partial charge is 0.262 e. The van der Waals surface area contributed by atoms with Crippen LogP contribution in [-0.2, 0) is 0 Å². The molecule has 1 aliphatic carbocycles. The highest BCUT2D eigenvalue weighted by Gasteiger charge is 2.22. The van der Waals surface area contributed by atoms with Gasteiger partial charge in [0.15, 0.2) is 0 Å². The molecule has 20 heavy (non-hydrogen) atoms. The topological polar surface area (TPSA) is 66.0 Å². The van der Waals surface area contributed by atoms with Crippen molar-refractivity contribution in [2.45, 2.75) is 31.6 Å². The first kappa shape index (κ1) is 13.4. The SMILES string of the molecule is O=c1[nH]c(C2CCCC2)nc(O)c1-c1ccc(Br)cc1. The van der Waals surface area contributed by atoms with Gasteiger partial charge in [-0.25, -0.2) is 0 Å². The fourth-order valence-electron chi connectivity index (χ4n) is 2.75. The summed E-state index contributed by atoms with van der Waals surface area (Å²) in [6.45, 7) is 0. The predicted molar refractivity (Wildman–Crippen MR) is 80.9 cm³/mol. The van der Waals surface area contributed by atoms with Crippen LogP contribution in [0.1, 0.15) is 37.4 Å². The Kier molecular flexibility index (Phi) is 3.61. The zero-order valence-corrected chi connectivity index (χ0v) is 12.5. The van der Waals surface area contributed by atoms with Crippen LogP contribution < -0.4 is 5.56 Å². The molecule has 0 saturated heterocycles. The van der Waals surface area contributed by atoms with E-state index >= 15 is 0 Å². The minimum Gasteiger partial charge on any atom is -0.493 e. The highest BCUT2D eigenvalue weighted by Crippen LogP contribution is 2.33. The Morgan fingerprint density at radius 2 is 1.85 bits per heavy atom. The molecule has 0 unspecified atom stereocenters. The largest absolute Gasteiger partial charge is 0.493 e. The summed E-state index contributed by atoms with van der Waals surface area (Å²) in [7, 11) is 0. The summed E-state index contributed by atoms with van der Waals surface area (Å²) in [4.78, 5) is 19.3. The van der Waals surface area contributed by atoms with Gasteiger partial charge in [0.25, 0.3) is 5.56 Å². The fourth-order valence-corrected chi connectivity index (χ4v) is 3.01. The first-order valence-corrected chi connectivity index (χ1v) is 7.53. The van der Waals surface area contributed by atoms with E-state index in [1.807, 2.05) is 12.1 Å². The third kappa shape index (κ3) is 2.50. The van der Waals surface area contributed by atoms with Crippen molar-refractivity contribution in [1.29, 1.82) is 0 Å². The highest BCUT2D eigenvalue weighted by atomic mass is 79.9. The Morgan fingerprint density at radius 3 is 2.45 bits per heavy atom. The van der Waals surface area contributed by atoms with E-state index in [9.17, 15) is 9.90 Å². The third-order valence-corrected chi connectivity index (χ3v) is 4.32. The van der Waals surface area contributed by atoms with Gasteiger partial charge >= 0.3 is 0 Å². The second-order valence-corrected chi connectivity index (χ2v) is 6.05. The fraction of sp³-hybridized carbons (Fsp3) is 0.333. The van der Waals surface area contributed by atoms with E-state index in [1.54, 1.807) is 12.1 Å². The van der Waals surface area contributed by atoms with Gasteiger partial charge in [0.05, 0.1) is 0 Å². The summed E-state index contributed by atoms with van der Waals surface area (Å²) in [6.07, 6.45) is 4.37. The van der Waals surface area contributed by atoms with Gasteiger partial charge in [-0.2, -0.15) is 4.98 Å². The number of aromatic amines is 1. The van der Waals surface area contributed by atoms with Gasteiger partial charge in [-0.3, -0.25) is 4.79 Å². The third-order valence-electron chi connectivity index (χ3n) is 3.79. The summed E-state index contributed by atoms with van der Waals surface area (Å²) in [5, 5.41) is 10.1. The average Bonchev–Trinajstić information content (AvgIpc) is 2.94. The van der Waals surface area contributed by atoms with Crippen molar-refractivity contribution in [3.8, 4) is 17.0 Å². The Balaban J connectivity index is 2.04. The van der Waals surface area contributed by atoms with Gasteiger partial charge < -0.3 is 10.1 Å². The molecule has 0 radical (unpaired) electrons. The molecule has 4 nitrogen and oxygen atoms in total. The van der Waals surface area contributed by atoms with Crippen LogP contribution in [0.3, 0.4) is 0 Å². The number of rotatable bonds is 2. The quantitative estimate of drug-likeness (QED) is 0.882. The van der Waals surface area contributed by atoms with E-state index < -0.39 is 0 Å². The monoisotopic (exact) mass is 334 g/mol. The lowest BCUT2D eigenvalue weighted by molar-refractivity contribution is 0.446. The molecule has 3 rings (SSSR count). The zero-order chi connectivity index (χ0) is 14.1. The van der Waals surface area contributed by atoms with E-state index in [1.165, 1.54) is 0 Å². The number of aromatic nitrogens is 2. The number of halogens is 1. The van der Waals surface area contributed by atoms with Gasteiger partial charge in [0.2, 0.25) is 5.88 Å². The summed E-state index contributed by atoms with van der Waals surface area (Å²) < 4.78 is 0.924. The molecule has 1 saturated carbocycles. The van der Waals surface area contributed by atoms with Crippen LogP contribution >= 0.6 is 15.9 Å². The van der Waals surface area contributed by atoms with E-state index in [0.717, 1.165) is 30.2 Å². The molecule has 1 aliphatic rings. The molecule has 1 fully saturated rings. The second-order valence-electron chi connectivity index (χ2n) is 5.14. The highest BCUT2D eigenvalue weighted by molar-refractivity contribution is 9.10. The maximum absolute atomic E-state index is 12.2. The van der Waals surface area contributed by atoms with Gasteiger partial charge in [0.1, 0.15) is 11.4 Å². The van der Waals surface area contributed by atoms with E-state index in [-0.39, 0.29) is 22.9 Å². The predicted octanol–water partition coefficient (Wildman–Crippen LogP) is 3.56. The molecule has 2 N–H and O–H groups in total. The Labute approximate surface area is 125 Å². The van der Waals surface area contributed by atoms with Crippen LogP contribution in [0, 0.1) is 0 Å². The molecule has 0 spiro atoms. The molecular weight excluding hydrogens is 320 g/mol. The van der Waals surface area contributed by atoms with Crippen LogP contribution in [0.25, 0.3) is 11.1 Å². The van der Waals surface area contributed by atoms with E-state index in [2.05, 4.69) is 25.9 Å². The summed E-state index contributed by atoms with van der Waals surface area (Å²) in [5.74, 6) is 0.705. The Morgan fingerprint density at radius 1 is 1.20 bits per heavy atom. The van der Waals surface area contributed by atoms with Gasteiger partial charge in [-0.05, 0) is 30.5 Å². The van der Waals surface area contributed by atoms with Crippen LogP contribution in [0.2, 0.25) is 0 Å². The Hall–Kier alpha value is -1.62. The molecule has 0 aliphatic heterocycles. The molecular formula is C15H15BrN2O2. The first-order valence-electron chi connectivity index (χ1n) is 6.74. The summed E-state index contributed by atoms with van der Waals surface area (Å²) in [6, 6.07) is 7.23. The molecule has 1 heterocycles. The molecule has 0 bridgehead atoms. The van der Waals surface area contributed by atoms with Crippen molar-refractivity contribution in [2.24, 2.45) is 0 Å². The molecule has 104 valence electrons. The molecule has 0 atom stereocenters. The van der Waals surface area contributed by atoms with Gasteiger partial charge in [0, 0.05) is 10.4 Å². The second kappa shape index (κ2) is 5.40. The number of benzene rings is 1. The number of nitrogens with zero attached hydrogens (tertiary/aromatic N) is 1. The summed E-state index contributed by atoms with van der Waals surface area (Å²) in [5.41, 5.74) is 0.624. The molecule has 1 aromatic heterocycles. The lowest BCUT2D eigenvalue weighted by Crippen LogP contribution is -2.15. The zero-order valence-electron chi connectivity index (χ0n) is 10.9. The molecule has 1 aromatic carbocycles. The van der Waals surface area contributed by atoms with E-state index in [4.69, 9.17) is 0 Å². The van der Waals surface area contributed by atoms with Crippen molar-refractivity contribution in [1.82, 2.24) is 9.97 Å². The van der Waals surface area contributed by atoms with Crippen molar-refractivity contribution in [3.05, 3.63) is 44.9 Å². The van der Waals surface area contributed by atoms with Crippen molar-refractivity contribution >= 4 is 15.9 Å². The normalized spacial score (nSPS) is 15.7. The number of aromatic hydroxyl groups is 1. The Bertz CT molecular complexity index is 673. The lowest BCUT2D eigenvalue weighted by atomic mass is 10.1. The van der Waals surface area contributed by atoms with Crippen molar-refractivity contribution in [2.75, 3.05) is 0 Å². The maximum atomic E-state index is 12.2. The maximum Gasteiger partial charge on any atom is 0.262 e. The van der Waals surface area contributed by atoms with Crippen LogP contribution in [-0.4, -0.2) is 15.1 Å². The minimum atomic E-state index is -0.276. The average molecular weight is 335 g/mol. The van der Waals surface area contributed by atoms with Crippen LogP contribution in [0.4, 0.5) is 0 Å². The number of H-pyrrole nitrogens is 1. The summed E-state index contributed by atoms with van der Waals surface area (Å²) >= 11 is 3.35. The van der Waals surface area contributed by atoms with Crippen molar-refractivity contribution < 1.29 is 5.11 Å². The van der Waals surface area contributed by atoms with Gasteiger partial charge in [-0.15, -0.1) is 0 Å². The van der Waals surface area contributed by atoms with Gasteiger partial charge in [-0.1, -0.05) is 40.9 Å². The molecule has 0 amide bonds. The van der Waals surface area contributed by atoms with Crippen molar-refractivity contribution in [3.63, 3.8) is 0 Å². The standard InChI is InChI=1S/C15H15BrN2O2/c16-11-7-5-9(6-8-11)12-14(19)17-13(18-15(12)20)10-3-1-2-4-10/h5-8,10H,1-4H2,(H2,17,18,19,20). The number of nitrogens with one attached hydrogen (secondary N) is 1. The number of hydrogen-bond donors (Lipinski definition) is 2. The van der Waals surface area contributed by atoms with Crippen LogP contribution in [0.5, 0.6) is 5.88 Å². The first-order chi connectivity index (χ1) is 9.65. The minimum absolute atomic E-state index is 0.182. The molecule has 2 aromatic rings. The lowest BCUT2D eigenvalue weighted by Gasteiger charge is -2.10. The number of hydrogen-bond acceptors (Lipinski definition) is 3. The molecule has 5 heteroatoms. The van der Waals surface area contributed by atoms with E-state index in [0.29, 0.717) is 11.4 Å².